The summed E-state index contributed by atoms with van der Waals surface area (Å²) in [7, 11) is -24.8. The maximum atomic E-state index is 13.8. The third kappa shape index (κ3) is 10.7. The molecule has 4 aromatic carbocycles. The van der Waals surface area contributed by atoms with Crippen molar-refractivity contribution in [1.29, 1.82) is 0 Å². The Balaban J connectivity index is 1.61. The summed E-state index contributed by atoms with van der Waals surface area (Å²) < 4.78 is 176. The molecule has 0 atom stereocenters. The van der Waals surface area contributed by atoms with Gasteiger partial charge in [0.25, 0.3) is 30.4 Å². The Hall–Kier alpha value is -5.08. The molecular weight excluding hydrogens is 893 g/mol. The summed E-state index contributed by atoms with van der Waals surface area (Å²) in [4.78, 5) is 8.08. The van der Waals surface area contributed by atoms with Crippen LogP contribution in [-0.2, 0) is 54.8 Å². The van der Waals surface area contributed by atoms with E-state index in [0.29, 0.717) is 36.4 Å². The molecular formula is C27H21ClFN7O16S5. The molecule has 0 saturated heterocycles. The third-order valence-electron chi connectivity index (χ3n) is 7.04. The second-order valence-electron chi connectivity index (χ2n) is 11.0. The summed E-state index contributed by atoms with van der Waals surface area (Å²) in [5, 5.41) is 21.9. The Morgan fingerprint density at radius 1 is 0.719 bits per heavy atom. The topological polar surface area (TPSA) is 369 Å². The van der Waals surface area contributed by atoms with E-state index in [1.807, 2.05) is 0 Å². The highest BCUT2D eigenvalue weighted by molar-refractivity contribution is 7.91. The van der Waals surface area contributed by atoms with Crippen molar-refractivity contribution >= 4 is 108 Å². The highest BCUT2D eigenvalue weighted by Gasteiger charge is 2.27. The predicted molar refractivity (Wildman–Crippen MR) is 193 cm³/mol. The van der Waals surface area contributed by atoms with Gasteiger partial charge in [-0.25, -0.2) is 17.0 Å². The van der Waals surface area contributed by atoms with Crippen LogP contribution in [0.4, 0.5) is 39.0 Å². The molecule has 0 amide bonds. The van der Waals surface area contributed by atoms with E-state index in [0.717, 1.165) is 12.1 Å². The minimum Gasteiger partial charge on any atom is -0.505 e. The summed E-state index contributed by atoms with van der Waals surface area (Å²) >= 11 is 6.07. The number of rotatable bonds is 14. The molecule has 0 saturated carbocycles. The normalized spacial score (nSPS) is 12.9. The number of fused-ring (bicyclic) bond motifs is 1. The number of aromatic nitrogens is 3. The lowest BCUT2D eigenvalue weighted by Crippen LogP contribution is -2.15. The van der Waals surface area contributed by atoms with Crippen molar-refractivity contribution in [2.45, 2.75) is 19.6 Å². The lowest BCUT2D eigenvalue weighted by molar-refractivity contribution is 0.284. The van der Waals surface area contributed by atoms with Gasteiger partial charge in [-0.3, -0.25) is 18.2 Å². The smallest absolute Gasteiger partial charge is 0.397 e. The second-order valence-corrected chi connectivity index (χ2v) is 18.7. The molecule has 7 N–H and O–H groups in total. The van der Waals surface area contributed by atoms with Crippen LogP contribution in [0.1, 0.15) is 0 Å². The van der Waals surface area contributed by atoms with Gasteiger partial charge < -0.3 is 15.7 Å². The Kier molecular flexibility index (Phi) is 11.9. The lowest BCUT2D eigenvalue weighted by Gasteiger charge is -2.15. The Morgan fingerprint density at radius 2 is 1.37 bits per heavy atom. The molecule has 5 rings (SSSR count). The van der Waals surface area contributed by atoms with Crippen molar-refractivity contribution in [2.24, 2.45) is 10.2 Å². The number of benzene rings is 4. The highest BCUT2D eigenvalue weighted by Crippen LogP contribution is 2.46. The number of azo groups is 1. The van der Waals surface area contributed by atoms with E-state index in [1.165, 1.54) is 12.1 Å². The lowest BCUT2D eigenvalue weighted by atomic mass is 10.1. The molecule has 0 spiro atoms. The van der Waals surface area contributed by atoms with Crippen molar-refractivity contribution in [3.05, 3.63) is 71.8 Å². The van der Waals surface area contributed by atoms with Crippen LogP contribution in [0.2, 0.25) is 5.28 Å². The summed E-state index contributed by atoms with van der Waals surface area (Å²) in [6, 6.07) is 8.54. The van der Waals surface area contributed by atoms with E-state index in [4.69, 9.17) is 16.2 Å². The number of nitrogens with one attached hydrogen (secondary N) is 2. The van der Waals surface area contributed by atoms with Crippen LogP contribution < -0.4 is 10.6 Å². The highest BCUT2D eigenvalue weighted by atomic mass is 35.5. The van der Waals surface area contributed by atoms with Crippen molar-refractivity contribution < 1.29 is 74.0 Å². The molecule has 0 fully saturated rings. The number of nitrogens with zero attached hydrogens (tertiary/aromatic N) is 5. The molecule has 1 heterocycles. The number of hydrogen-bond donors (Lipinski definition) is 7. The number of sulfone groups is 1. The minimum absolute atomic E-state index is 0.00232. The molecule has 0 aliphatic carbocycles. The van der Waals surface area contributed by atoms with Gasteiger partial charge in [0.15, 0.2) is 15.6 Å². The molecule has 23 nitrogen and oxygen atoms in total. The number of anilines is 4. The van der Waals surface area contributed by atoms with Gasteiger partial charge in [-0.15, -0.1) is 10.2 Å². The van der Waals surface area contributed by atoms with Crippen molar-refractivity contribution in [2.75, 3.05) is 23.0 Å². The quantitative estimate of drug-likeness (QED) is 0.0616. The van der Waals surface area contributed by atoms with Crippen LogP contribution in [0, 0.1) is 5.82 Å². The Labute approximate surface area is 325 Å². The standard InChI is InChI=1S/C27H21ClFN7O16S5/c28-25-32-26(30-15-2-1-3-16(11-15)53(38,39)7-6-52-57(49,50)51)34-27(33-25)31-19-12-17(54(40,41)42)8-13-9-21(56(46,47)48)23(24(37)22(13)19)36-35-18-5-4-14(29)10-20(18)55(43,44)45/h1-5,8-12,37H,6-7H2,(H,40,41,42)(H,43,44,45)(H,46,47,48)(H,49,50,51)(H2,30,31,32,33,34). The van der Waals surface area contributed by atoms with E-state index >= 15 is 0 Å². The fourth-order valence-corrected chi connectivity index (χ4v) is 8.25. The zero-order chi connectivity index (χ0) is 42.3. The van der Waals surface area contributed by atoms with Crippen LogP contribution >= 0.6 is 11.6 Å². The maximum Gasteiger partial charge on any atom is 0.397 e. The number of phenols is 1. The second kappa shape index (κ2) is 15.7. The van der Waals surface area contributed by atoms with Gasteiger partial charge in [0.1, 0.15) is 27.0 Å². The first-order chi connectivity index (χ1) is 26.2. The van der Waals surface area contributed by atoms with E-state index in [1.54, 1.807) is 0 Å². The van der Waals surface area contributed by atoms with Crippen molar-refractivity contribution in [3.63, 3.8) is 0 Å². The molecule has 57 heavy (non-hydrogen) atoms. The summed E-state index contributed by atoms with van der Waals surface area (Å²) in [6.07, 6.45) is 0. The first kappa shape index (κ1) is 43.1. The fourth-order valence-electron chi connectivity index (χ4n) is 4.73. The molecule has 0 aliphatic heterocycles. The van der Waals surface area contributed by atoms with Crippen LogP contribution in [0.25, 0.3) is 10.8 Å². The van der Waals surface area contributed by atoms with Gasteiger partial charge in [-0.1, -0.05) is 6.07 Å². The maximum absolute atomic E-state index is 13.8. The monoisotopic (exact) mass is 913 g/mol. The SMILES string of the molecule is O=S(=O)(O)OCCS(=O)(=O)c1cccc(Nc2nc(Cl)nc(Nc3cc(S(=O)(=O)O)cc4cc(S(=O)(=O)O)c(N=Nc5ccc(F)cc5S(=O)(=O)O)c(O)c34)n2)c1. The fraction of sp³-hybridized carbons (Fsp3) is 0.0741. The third-order valence-corrected chi connectivity index (χ3v) is 11.9. The number of phenolic OH excluding ortho intramolecular Hbond substituents is 1. The molecule has 0 bridgehead atoms. The Morgan fingerprint density at radius 3 is 1.98 bits per heavy atom. The summed E-state index contributed by atoms with van der Waals surface area (Å²) in [5.41, 5.74) is -2.41. The van der Waals surface area contributed by atoms with Gasteiger partial charge >= 0.3 is 10.4 Å². The molecule has 0 radical (unpaired) electrons. The van der Waals surface area contributed by atoms with Crippen LogP contribution in [0.5, 0.6) is 5.75 Å². The number of hydrogen-bond acceptors (Lipinski definition) is 19. The Bertz CT molecular complexity index is 3070. The molecule has 0 aliphatic rings. The summed E-state index contributed by atoms with van der Waals surface area (Å²) in [6.45, 7) is -0.912. The van der Waals surface area contributed by atoms with Gasteiger partial charge in [0.2, 0.25) is 17.2 Å². The first-order valence-corrected chi connectivity index (χ1v) is 22.3. The van der Waals surface area contributed by atoms with E-state index < -0.39 is 134 Å². The van der Waals surface area contributed by atoms with Gasteiger partial charge in [-0.2, -0.15) is 48.6 Å². The minimum atomic E-state index is -5.39. The van der Waals surface area contributed by atoms with Crippen LogP contribution in [0.3, 0.4) is 0 Å². The zero-order valence-corrected chi connectivity index (χ0v) is 32.3. The van der Waals surface area contributed by atoms with Crippen LogP contribution in [-0.4, -0.2) is 92.7 Å². The molecule has 30 heteroatoms. The average molecular weight is 914 g/mol. The van der Waals surface area contributed by atoms with Crippen LogP contribution in [0.15, 0.2) is 90.5 Å². The first-order valence-electron chi connectivity index (χ1n) is 14.6. The average Bonchev–Trinajstić information content (AvgIpc) is 3.06. The molecule has 0 unspecified atom stereocenters. The largest absolute Gasteiger partial charge is 0.505 e. The van der Waals surface area contributed by atoms with Gasteiger partial charge in [0.05, 0.1) is 27.8 Å². The molecule has 1 aromatic heterocycles. The number of halogens is 2. The molecule has 304 valence electrons. The van der Waals surface area contributed by atoms with E-state index in [2.05, 4.69) is 40.0 Å². The van der Waals surface area contributed by atoms with Gasteiger partial charge in [0, 0.05) is 11.1 Å². The van der Waals surface area contributed by atoms with Crippen molar-refractivity contribution in [1.82, 2.24) is 15.0 Å². The molecule has 5 aromatic rings. The van der Waals surface area contributed by atoms with Gasteiger partial charge in [-0.05, 0) is 71.6 Å². The number of aromatic hydroxyl groups is 1. The van der Waals surface area contributed by atoms with E-state index in [9.17, 15) is 65.2 Å². The van der Waals surface area contributed by atoms with Crippen molar-refractivity contribution in [3.8, 4) is 5.75 Å². The zero-order valence-electron chi connectivity index (χ0n) is 27.4. The predicted octanol–water partition coefficient (Wildman–Crippen LogP) is 3.76. The summed E-state index contributed by atoms with van der Waals surface area (Å²) in [5.74, 6) is -4.15. The van der Waals surface area contributed by atoms with E-state index in [-0.39, 0.29) is 10.6 Å².